The van der Waals surface area contributed by atoms with Crippen molar-refractivity contribution < 1.29 is 8.83 Å². The Morgan fingerprint density at radius 1 is 0.481 bits per heavy atom. The summed E-state index contributed by atoms with van der Waals surface area (Å²) in [4.78, 5) is 5.03. The Hall–Kier alpha value is -6.69. The van der Waals surface area contributed by atoms with E-state index in [0.717, 1.165) is 71.7 Å². The van der Waals surface area contributed by atoms with Crippen molar-refractivity contribution in [2.45, 2.75) is 0 Å². The number of rotatable bonds is 3. The zero-order chi connectivity index (χ0) is 33.9. The van der Waals surface area contributed by atoms with Crippen molar-refractivity contribution in [3.8, 4) is 28.3 Å². The molecule has 0 atom stereocenters. The van der Waals surface area contributed by atoms with Crippen molar-refractivity contribution in [1.29, 1.82) is 0 Å². The van der Waals surface area contributed by atoms with Crippen LogP contribution in [0.3, 0.4) is 0 Å². The molecular formula is C47H26N2O2S. The third-order valence-corrected chi connectivity index (χ3v) is 11.8. The van der Waals surface area contributed by atoms with Gasteiger partial charge in [0.15, 0.2) is 11.2 Å². The van der Waals surface area contributed by atoms with Gasteiger partial charge in [-0.3, -0.25) is 0 Å². The number of fused-ring (bicyclic) bond motifs is 13. The third-order valence-electron chi connectivity index (χ3n) is 10.6. The summed E-state index contributed by atoms with van der Waals surface area (Å²) in [6.07, 6.45) is 0. The van der Waals surface area contributed by atoms with Crippen molar-refractivity contribution in [2.75, 3.05) is 0 Å². The van der Waals surface area contributed by atoms with E-state index < -0.39 is 0 Å². The van der Waals surface area contributed by atoms with E-state index in [9.17, 15) is 0 Å². The predicted octanol–water partition coefficient (Wildman–Crippen LogP) is 13.7. The van der Waals surface area contributed by atoms with Gasteiger partial charge in [0.05, 0.1) is 16.7 Å². The number of hydrogen-bond acceptors (Lipinski definition) is 4. The van der Waals surface area contributed by atoms with Gasteiger partial charge in [-0.25, -0.2) is 4.98 Å². The lowest BCUT2D eigenvalue weighted by Gasteiger charge is -2.09. The Morgan fingerprint density at radius 3 is 2.13 bits per heavy atom. The molecule has 0 fully saturated rings. The van der Waals surface area contributed by atoms with E-state index in [0.29, 0.717) is 5.89 Å². The minimum atomic E-state index is 0.612. The van der Waals surface area contributed by atoms with Crippen molar-refractivity contribution in [2.24, 2.45) is 0 Å². The molecule has 12 rings (SSSR count). The van der Waals surface area contributed by atoms with Gasteiger partial charge in [-0.2, -0.15) is 0 Å². The first-order valence-electron chi connectivity index (χ1n) is 17.5. The maximum absolute atomic E-state index is 7.04. The van der Waals surface area contributed by atoms with Crippen LogP contribution in [-0.2, 0) is 0 Å². The molecule has 52 heavy (non-hydrogen) atoms. The van der Waals surface area contributed by atoms with Crippen LogP contribution in [0, 0.1) is 0 Å². The number of thiophene rings is 1. The number of aromatic nitrogens is 2. The minimum absolute atomic E-state index is 0.612. The van der Waals surface area contributed by atoms with Gasteiger partial charge >= 0.3 is 0 Å². The Morgan fingerprint density at radius 2 is 1.23 bits per heavy atom. The molecule has 0 aliphatic carbocycles. The zero-order valence-corrected chi connectivity index (χ0v) is 28.4. The fourth-order valence-corrected chi connectivity index (χ4v) is 9.67. The molecule has 0 amide bonds. The van der Waals surface area contributed by atoms with Crippen LogP contribution in [0.4, 0.5) is 0 Å². The van der Waals surface area contributed by atoms with Crippen LogP contribution in [0.15, 0.2) is 167 Å². The maximum Gasteiger partial charge on any atom is 0.227 e. The van der Waals surface area contributed by atoms with Crippen LogP contribution in [0.1, 0.15) is 0 Å². The second kappa shape index (κ2) is 10.4. The van der Waals surface area contributed by atoms with Crippen LogP contribution >= 0.6 is 11.3 Å². The monoisotopic (exact) mass is 682 g/mol. The molecule has 4 aromatic heterocycles. The molecule has 0 N–H and O–H groups in total. The lowest BCUT2D eigenvalue weighted by molar-refractivity contribution is 0.620. The third kappa shape index (κ3) is 3.78. The second-order valence-corrected chi connectivity index (χ2v) is 14.5. The van der Waals surface area contributed by atoms with Crippen LogP contribution < -0.4 is 0 Å². The SMILES string of the molecule is c1ccc(-c2nc3c(-c4cc5oc6c(-n7c8ccccc8c8c9sc%10ccccc%10c9ccc87)cccc6c5c5ccccc45)cccc3o2)cc1. The zero-order valence-electron chi connectivity index (χ0n) is 27.6. The van der Waals surface area contributed by atoms with E-state index in [1.807, 2.05) is 53.8 Å². The molecule has 4 heterocycles. The normalized spacial score (nSPS) is 12.2. The molecule has 242 valence electrons. The fraction of sp³-hybridized carbons (Fsp3) is 0. The number of para-hydroxylation sites is 3. The summed E-state index contributed by atoms with van der Waals surface area (Å²) in [5, 5.41) is 9.62. The summed E-state index contributed by atoms with van der Waals surface area (Å²) >= 11 is 1.88. The van der Waals surface area contributed by atoms with Crippen LogP contribution in [0.5, 0.6) is 0 Å². The highest BCUT2D eigenvalue weighted by Gasteiger charge is 2.23. The number of nitrogens with zero attached hydrogens (tertiary/aromatic N) is 2. The first kappa shape index (κ1) is 28.1. The Balaban J connectivity index is 1.14. The molecule has 0 aliphatic rings. The van der Waals surface area contributed by atoms with Crippen molar-refractivity contribution >= 4 is 97.1 Å². The Labute approximate surface area is 300 Å². The lowest BCUT2D eigenvalue weighted by atomic mass is 9.94. The molecular weight excluding hydrogens is 657 g/mol. The second-order valence-electron chi connectivity index (χ2n) is 13.4. The molecule has 0 radical (unpaired) electrons. The number of furan rings is 1. The predicted molar refractivity (Wildman–Crippen MR) is 217 cm³/mol. The quantitative estimate of drug-likeness (QED) is 0.186. The number of benzene rings is 8. The van der Waals surface area contributed by atoms with Gasteiger partial charge in [-0.1, -0.05) is 109 Å². The average Bonchev–Trinajstić information content (AvgIpc) is 3.98. The van der Waals surface area contributed by atoms with Gasteiger partial charge in [0.1, 0.15) is 11.1 Å². The van der Waals surface area contributed by atoms with E-state index in [1.165, 1.54) is 36.5 Å². The molecule has 0 saturated heterocycles. The highest BCUT2D eigenvalue weighted by atomic mass is 32.1. The van der Waals surface area contributed by atoms with Gasteiger partial charge < -0.3 is 13.4 Å². The highest BCUT2D eigenvalue weighted by Crippen LogP contribution is 2.46. The largest absolute Gasteiger partial charge is 0.454 e. The van der Waals surface area contributed by atoms with Crippen LogP contribution in [0.25, 0.3) is 114 Å². The van der Waals surface area contributed by atoms with E-state index in [-0.39, 0.29) is 0 Å². The van der Waals surface area contributed by atoms with Gasteiger partial charge in [-0.05, 0) is 64.9 Å². The molecule has 8 aromatic carbocycles. The lowest BCUT2D eigenvalue weighted by Crippen LogP contribution is -1.94. The van der Waals surface area contributed by atoms with E-state index in [1.54, 1.807) is 0 Å². The first-order valence-corrected chi connectivity index (χ1v) is 18.3. The van der Waals surface area contributed by atoms with E-state index >= 15 is 0 Å². The van der Waals surface area contributed by atoms with Crippen LogP contribution in [0.2, 0.25) is 0 Å². The Bertz CT molecular complexity index is 3420. The summed E-state index contributed by atoms with van der Waals surface area (Å²) in [7, 11) is 0. The van der Waals surface area contributed by atoms with Gasteiger partial charge in [0, 0.05) is 52.8 Å². The maximum atomic E-state index is 7.04. The Kier molecular flexibility index (Phi) is 5.62. The standard InChI is InChI=1S/C47H26N2O2S/c1-2-12-27(13-3-1)47-48-44-31(18-11-22-39(44)51-47)35-26-40-42(30-16-5-4-14-28(30)35)34-19-10-21-38(45(34)50-40)49-36-20-8-6-17-33(36)43-37(49)25-24-32-29-15-7-9-23-41(29)52-46(32)43/h1-26H. The molecule has 0 saturated carbocycles. The summed E-state index contributed by atoms with van der Waals surface area (Å²) in [5.41, 5.74) is 9.68. The topological polar surface area (TPSA) is 44.1 Å². The highest BCUT2D eigenvalue weighted by molar-refractivity contribution is 7.26. The summed E-state index contributed by atoms with van der Waals surface area (Å²) in [6.45, 7) is 0. The van der Waals surface area contributed by atoms with E-state index in [2.05, 4.69) is 120 Å². The van der Waals surface area contributed by atoms with Crippen molar-refractivity contribution in [3.63, 3.8) is 0 Å². The van der Waals surface area contributed by atoms with Gasteiger partial charge in [0.2, 0.25) is 5.89 Å². The number of hydrogen-bond donors (Lipinski definition) is 0. The molecule has 0 aliphatic heterocycles. The molecule has 5 heteroatoms. The minimum Gasteiger partial charge on any atom is -0.454 e. The molecule has 0 spiro atoms. The molecule has 4 nitrogen and oxygen atoms in total. The van der Waals surface area contributed by atoms with Gasteiger partial charge in [-0.15, -0.1) is 11.3 Å². The summed E-state index contributed by atoms with van der Waals surface area (Å²) in [6, 6.07) is 55.7. The van der Waals surface area contributed by atoms with E-state index in [4.69, 9.17) is 13.8 Å². The molecule has 0 bridgehead atoms. The molecule has 0 unspecified atom stereocenters. The van der Waals surface area contributed by atoms with Crippen LogP contribution in [-0.4, -0.2) is 9.55 Å². The summed E-state index contributed by atoms with van der Waals surface area (Å²) < 4.78 is 18.4. The summed E-state index contributed by atoms with van der Waals surface area (Å²) in [5.74, 6) is 0.612. The van der Waals surface area contributed by atoms with Crippen molar-refractivity contribution in [1.82, 2.24) is 9.55 Å². The fourth-order valence-electron chi connectivity index (χ4n) is 8.41. The average molecular weight is 683 g/mol. The van der Waals surface area contributed by atoms with Gasteiger partial charge in [0.25, 0.3) is 0 Å². The smallest absolute Gasteiger partial charge is 0.227 e. The van der Waals surface area contributed by atoms with Crippen molar-refractivity contribution in [3.05, 3.63) is 158 Å². The molecule has 12 aromatic rings. The first-order chi connectivity index (χ1) is 25.8. The number of oxazole rings is 1.